The zero-order chi connectivity index (χ0) is 17.0. The molecule has 0 aliphatic carbocycles. The highest BCUT2D eigenvalue weighted by molar-refractivity contribution is 6.12. The maximum absolute atomic E-state index is 12.3. The number of methoxy groups -OCH3 is 1. The van der Waals surface area contributed by atoms with Crippen molar-refractivity contribution in [3.63, 3.8) is 0 Å². The third-order valence-corrected chi connectivity index (χ3v) is 3.07. The molecule has 23 heavy (non-hydrogen) atoms. The van der Waals surface area contributed by atoms with Gasteiger partial charge >= 0.3 is 0 Å². The molecule has 0 bridgehead atoms. The molecule has 0 radical (unpaired) electrons. The number of non-ortho nitro benzene ring substituents is 1. The summed E-state index contributed by atoms with van der Waals surface area (Å²) in [5.74, 6) is -0.899. The molecule has 0 heterocycles. The van der Waals surface area contributed by atoms with Gasteiger partial charge in [0.2, 0.25) is 5.91 Å². The first-order valence-electron chi connectivity index (χ1n) is 6.46. The lowest BCUT2D eigenvalue weighted by atomic mass is 10.1. The molecule has 0 atom stereocenters. The van der Waals surface area contributed by atoms with Gasteiger partial charge in [0.15, 0.2) is 0 Å². The van der Waals surface area contributed by atoms with Crippen LogP contribution in [0.1, 0.15) is 20.7 Å². The minimum atomic E-state index is -0.923. The van der Waals surface area contributed by atoms with Crippen LogP contribution < -0.4 is 15.8 Å². The molecule has 0 unspecified atom stereocenters. The van der Waals surface area contributed by atoms with Gasteiger partial charge in [0, 0.05) is 17.8 Å². The van der Waals surface area contributed by atoms with E-state index in [-0.39, 0.29) is 16.8 Å². The van der Waals surface area contributed by atoms with Crippen molar-refractivity contribution in [2.45, 2.75) is 0 Å². The summed E-state index contributed by atoms with van der Waals surface area (Å²) in [4.78, 5) is 33.8. The van der Waals surface area contributed by atoms with Crippen LogP contribution >= 0.6 is 0 Å². The maximum Gasteiger partial charge on any atom is 0.270 e. The van der Waals surface area contributed by atoms with Gasteiger partial charge in [0.05, 0.1) is 23.2 Å². The first-order valence-corrected chi connectivity index (χ1v) is 6.46. The zero-order valence-electron chi connectivity index (χ0n) is 12.1. The number of primary amides is 1. The first kappa shape index (κ1) is 16.0. The van der Waals surface area contributed by atoms with E-state index in [1.54, 1.807) is 24.3 Å². The number of benzene rings is 2. The van der Waals surface area contributed by atoms with Crippen LogP contribution in [-0.2, 0) is 0 Å². The number of ether oxygens (including phenoxy) is 1. The van der Waals surface area contributed by atoms with Gasteiger partial charge in [-0.15, -0.1) is 0 Å². The Kier molecular flexibility index (Phi) is 4.55. The SMILES string of the molecule is COc1ccc(NC(=O)c2ccc([N+](=O)[O-])cc2C(N)=O)cc1. The highest BCUT2D eigenvalue weighted by atomic mass is 16.6. The van der Waals surface area contributed by atoms with Crippen molar-refractivity contribution in [1.29, 1.82) is 0 Å². The fourth-order valence-corrected chi connectivity index (χ4v) is 1.92. The first-order chi connectivity index (χ1) is 10.9. The van der Waals surface area contributed by atoms with Crippen LogP contribution in [0.5, 0.6) is 5.75 Å². The van der Waals surface area contributed by atoms with E-state index in [1.807, 2.05) is 0 Å². The smallest absolute Gasteiger partial charge is 0.270 e. The Balaban J connectivity index is 2.30. The number of nitrogens with zero attached hydrogens (tertiary/aromatic N) is 1. The lowest BCUT2D eigenvalue weighted by Crippen LogP contribution is -2.20. The minimum Gasteiger partial charge on any atom is -0.497 e. The third-order valence-electron chi connectivity index (χ3n) is 3.07. The summed E-state index contributed by atoms with van der Waals surface area (Å²) in [6, 6.07) is 9.84. The number of nitro groups is 1. The van der Waals surface area contributed by atoms with E-state index in [9.17, 15) is 19.7 Å². The van der Waals surface area contributed by atoms with Gasteiger partial charge in [-0.1, -0.05) is 0 Å². The average Bonchev–Trinajstić information content (AvgIpc) is 2.54. The summed E-state index contributed by atoms with van der Waals surface area (Å²) in [5.41, 5.74) is 5.09. The Morgan fingerprint density at radius 2 is 1.78 bits per heavy atom. The molecule has 118 valence electrons. The van der Waals surface area contributed by atoms with E-state index in [4.69, 9.17) is 10.5 Å². The Hall–Kier alpha value is -3.42. The van der Waals surface area contributed by atoms with Crippen LogP contribution in [0.15, 0.2) is 42.5 Å². The van der Waals surface area contributed by atoms with E-state index < -0.39 is 16.7 Å². The third kappa shape index (κ3) is 3.62. The van der Waals surface area contributed by atoms with Crippen molar-refractivity contribution in [2.24, 2.45) is 5.73 Å². The summed E-state index contributed by atoms with van der Waals surface area (Å²) >= 11 is 0. The summed E-state index contributed by atoms with van der Waals surface area (Å²) < 4.78 is 5.01. The number of nitrogens with one attached hydrogen (secondary N) is 1. The van der Waals surface area contributed by atoms with Crippen molar-refractivity contribution in [1.82, 2.24) is 0 Å². The van der Waals surface area contributed by atoms with Crippen LogP contribution in [0.2, 0.25) is 0 Å². The van der Waals surface area contributed by atoms with Gasteiger partial charge in [-0.25, -0.2) is 0 Å². The van der Waals surface area contributed by atoms with Gasteiger partial charge in [-0.05, 0) is 30.3 Å². The molecule has 2 amide bonds. The molecular formula is C15H13N3O5. The molecule has 0 aliphatic heterocycles. The zero-order valence-corrected chi connectivity index (χ0v) is 12.1. The second-order valence-corrected chi connectivity index (χ2v) is 4.53. The number of hydrogen-bond donors (Lipinski definition) is 2. The molecule has 2 aromatic carbocycles. The predicted octanol–water partition coefficient (Wildman–Crippen LogP) is 1.95. The highest BCUT2D eigenvalue weighted by Gasteiger charge is 2.19. The number of nitrogens with two attached hydrogens (primary N) is 1. The largest absolute Gasteiger partial charge is 0.497 e. The lowest BCUT2D eigenvalue weighted by molar-refractivity contribution is -0.384. The molecular weight excluding hydrogens is 302 g/mol. The summed E-state index contributed by atoms with van der Waals surface area (Å²) in [6.07, 6.45) is 0. The Labute approximate surface area is 131 Å². The van der Waals surface area contributed by atoms with E-state index in [0.717, 1.165) is 12.1 Å². The normalized spacial score (nSPS) is 9.96. The number of carbonyl (C=O) groups is 2. The summed E-state index contributed by atoms with van der Waals surface area (Å²) in [5, 5.41) is 13.3. The van der Waals surface area contributed by atoms with Crippen LogP contribution in [-0.4, -0.2) is 23.8 Å². The van der Waals surface area contributed by atoms with E-state index in [1.165, 1.54) is 13.2 Å². The number of carbonyl (C=O) groups excluding carboxylic acids is 2. The molecule has 0 spiro atoms. The van der Waals surface area contributed by atoms with Crippen LogP contribution in [0.25, 0.3) is 0 Å². The average molecular weight is 315 g/mol. The van der Waals surface area contributed by atoms with Gasteiger partial charge in [0.25, 0.3) is 11.6 Å². The van der Waals surface area contributed by atoms with Crippen molar-refractivity contribution >= 4 is 23.2 Å². The van der Waals surface area contributed by atoms with Crippen molar-refractivity contribution in [2.75, 3.05) is 12.4 Å². The van der Waals surface area contributed by atoms with E-state index >= 15 is 0 Å². The number of rotatable bonds is 5. The number of anilines is 1. The fraction of sp³-hybridized carbons (Fsp3) is 0.0667. The standard InChI is InChI=1S/C15H13N3O5/c1-23-11-5-2-9(3-6-11)17-15(20)12-7-4-10(18(21)22)8-13(12)14(16)19/h2-8H,1H3,(H2,16,19)(H,17,20). The molecule has 2 aromatic rings. The van der Waals surface area contributed by atoms with E-state index in [2.05, 4.69) is 5.32 Å². The predicted molar refractivity (Wildman–Crippen MR) is 82.6 cm³/mol. The van der Waals surface area contributed by atoms with Crippen molar-refractivity contribution < 1.29 is 19.2 Å². The van der Waals surface area contributed by atoms with Gasteiger partial charge in [-0.2, -0.15) is 0 Å². The molecule has 0 aromatic heterocycles. The van der Waals surface area contributed by atoms with Crippen LogP contribution in [0.3, 0.4) is 0 Å². The molecule has 0 saturated heterocycles. The monoisotopic (exact) mass is 315 g/mol. The lowest BCUT2D eigenvalue weighted by Gasteiger charge is -2.09. The number of nitro benzene ring substituents is 1. The molecule has 0 aliphatic rings. The van der Waals surface area contributed by atoms with Crippen molar-refractivity contribution in [3.05, 3.63) is 63.7 Å². The van der Waals surface area contributed by atoms with Crippen LogP contribution in [0.4, 0.5) is 11.4 Å². The topological polar surface area (TPSA) is 125 Å². The molecule has 8 nitrogen and oxygen atoms in total. The molecule has 8 heteroatoms. The van der Waals surface area contributed by atoms with Crippen molar-refractivity contribution in [3.8, 4) is 5.75 Å². The van der Waals surface area contributed by atoms with Crippen LogP contribution in [0, 0.1) is 10.1 Å². The second-order valence-electron chi connectivity index (χ2n) is 4.53. The summed E-state index contributed by atoms with van der Waals surface area (Å²) in [7, 11) is 1.52. The Bertz CT molecular complexity index is 771. The number of amides is 2. The minimum absolute atomic E-state index is 0.0427. The maximum atomic E-state index is 12.3. The highest BCUT2D eigenvalue weighted by Crippen LogP contribution is 2.20. The molecule has 0 fully saturated rings. The van der Waals surface area contributed by atoms with Gasteiger partial charge in [0.1, 0.15) is 5.75 Å². The van der Waals surface area contributed by atoms with E-state index in [0.29, 0.717) is 11.4 Å². The molecule has 3 N–H and O–H groups in total. The number of hydrogen-bond acceptors (Lipinski definition) is 5. The van der Waals surface area contributed by atoms with Gasteiger partial charge in [-0.3, -0.25) is 19.7 Å². The van der Waals surface area contributed by atoms with Gasteiger partial charge < -0.3 is 15.8 Å². The quantitative estimate of drug-likeness (QED) is 0.644. The second kappa shape index (κ2) is 6.56. The molecule has 2 rings (SSSR count). The summed E-state index contributed by atoms with van der Waals surface area (Å²) in [6.45, 7) is 0. The Morgan fingerprint density at radius 1 is 1.13 bits per heavy atom. The fourth-order valence-electron chi connectivity index (χ4n) is 1.92. The molecule has 0 saturated carbocycles. The Morgan fingerprint density at radius 3 is 2.30 bits per heavy atom.